The van der Waals surface area contributed by atoms with Crippen molar-refractivity contribution < 1.29 is 8.42 Å². The van der Waals surface area contributed by atoms with Crippen LogP contribution in [0.25, 0.3) is 0 Å². The number of guanidine groups is 1. The molecule has 0 amide bonds. The van der Waals surface area contributed by atoms with Crippen LogP contribution in [0.1, 0.15) is 30.8 Å². The highest BCUT2D eigenvalue weighted by atomic mass is 127. The average molecular weight is 472 g/mol. The first kappa shape index (κ1) is 23.1. The summed E-state index contributed by atoms with van der Waals surface area (Å²) in [5, 5.41) is 10.6. The Hall–Kier alpha value is -0.880. The molecule has 0 aliphatic carbocycles. The Morgan fingerprint density at radius 3 is 2.38 bits per heavy atom. The Morgan fingerprint density at radius 1 is 1.21 bits per heavy atom. The predicted molar refractivity (Wildman–Crippen MR) is 108 cm³/mol. The molecule has 0 spiro atoms. The van der Waals surface area contributed by atoms with Crippen molar-refractivity contribution >= 4 is 40.0 Å². The van der Waals surface area contributed by atoms with Gasteiger partial charge < -0.3 is 10.6 Å². The van der Waals surface area contributed by atoms with Crippen LogP contribution < -0.4 is 15.4 Å². The van der Waals surface area contributed by atoms with Crippen LogP contribution in [0.3, 0.4) is 0 Å². The third-order valence-electron chi connectivity index (χ3n) is 3.52. The zero-order chi connectivity index (χ0) is 17.5. The Labute approximate surface area is 162 Å². The number of aliphatic imine (C=N–C) groups is 1. The molecule has 10 heteroatoms. The number of aryl methyl sites for hydroxylation is 2. The highest BCUT2D eigenvalue weighted by Gasteiger charge is 2.09. The Morgan fingerprint density at radius 2 is 1.88 bits per heavy atom. The van der Waals surface area contributed by atoms with Crippen molar-refractivity contribution in [2.75, 3.05) is 25.4 Å². The van der Waals surface area contributed by atoms with Gasteiger partial charge in [0.25, 0.3) is 0 Å². The summed E-state index contributed by atoms with van der Waals surface area (Å²) in [4.78, 5) is 4.54. The summed E-state index contributed by atoms with van der Waals surface area (Å²) >= 11 is 0. The number of aromatic nitrogens is 2. The molecule has 24 heavy (non-hydrogen) atoms. The van der Waals surface area contributed by atoms with Crippen molar-refractivity contribution in [1.82, 2.24) is 25.1 Å². The van der Waals surface area contributed by atoms with Crippen molar-refractivity contribution in [2.24, 2.45) is 12.0 Å². The van der Waals surface area contributed by atoms with E-state index >= 15 is 0 Å². The van der Waals surface area contributed by atoms with Gasteiger partial charge in [0, 0.05) is 37.9 Å². The largest absolute Gasteiger partial charge is 0.357 e. The summed E-state index contributed by atoms with van der Waals surface area (Å²) in [5.41, 5.74) is 3.18. The van der Waals surface area contributed by atoms with Gasteiger partial charge >= 0.3 is 0 Å². The van der Waals surface area contributed by atoms with Crippen LogP contribution in [-0.2, 0) is 23.6 Å². The van der Waals surface area contributed by atoms with E-state index in [2.05, 4.69) is 25.4 Å². The number of hydrogen-bond donors (Lipinski definition) is 3. The molecule has 0 aliphatic rings. The number of halogens is 1. The molecule has 1 aromatic rings. The topological polar surface area (TPSA) is 100 Å². The highest BCUT2D eigenvalue weighted by molar-refractivity contribution is 14.0. The van der Waals surface area contributed by atoms with Gasteiger partial charge in [0.1, 0.15) is 0 Å². The second-order valence-corrected chi connectivity index (χ2v) is 7.29. The second-order valence-electron chi connectivity index (χ2n) is 5.19. The second kappa shape index (κ2) is 10.9. The fourth-order valence-corrected chi connectivity index (χ4v) is 2.65. The minimum atomic E-state index is -3.15. The summed E-state index contributed by atoms with van der Waals surface area (Å²) in [5.74, 6) is 0.742. The molecule has 0 unspecified atom stereocenters. The van der Waals surface area contributed by atoms with E-state index in [4.69, 9.17) is 0 Å². The number of nitrogens with one attached hydrogen (secondary N) is 3. The van der Waals surface area contributed by atoms with Gasteiger partial charge in [-0.3, -0.25) is 4.68 Å². The number of nitrogens with zero attached hydrogens (tertiary/aromatic N) is 3. The quantitative estimate of drug-likeness (QED) is 0.223. The summed E-state index contributed by atoms with van der Waals surface area (Å²) in [7, 11) is -1.24. The molecule has 1 aromatic heterocycles. The zero-order valence-corrected chi connectivity index (χ0v) is 18.2. The molecule has 0 fully saturated rings. The average Bonchev–Trinajstić information content (AvgIpc) is 2.74. The van der Waals surface area contributed by atoms with Crippen molar-refractivity contribution in [1.29, 1.82) is 0 Å². The summed E-state index contributed by atoms with van der Waals surface area (Å²) in [6.07, 6.45) is 0. The van der Waals surface area contributed by atoms with Crippen LogP contribution in [0.2, 0.25) is 0 Å². The highest BCUT2D eigenvalue weighted by Crippen LogP contribution is 2.12. The predicted octanol–water partition coefficient (Wildman–Crippen LogP) is 0.649. The fraction of sp³-hybridized carbons (Fsp3) is 0.714. The van der Waals surface area contributed by atoms with Gasteiger partial charge in [0.05, 0.1) is 18.0 Å². The van der Waals surface area contributed by atoms with Gasteiger partial charge in [-0.15, -0.1) is 24.0 Å². The van der Waals surface area contributed by atoms with Gasteiger partial charge in [0.2, 0.25) is 10.0 Å². The van der Waals surface area contributed by atoms with Gasteiger partial charge in [0.15, 0.2) is 5.96 Å². The molecule has 1 rings (SSSR count). The van der Waals surface area contributed by atoms with Crippen LogP contribution >= 0.6 is 24.0 Å². The molecule has 0 aliphatic heterocycles. The van der Waals surface area contributed by atoms with Crippen LogP contribution in [0.5, 0.6) is 0 Å². The molecule has 0 saturated carbocycles. The molecule has 0 bridgehead atoms. The van der Waals surface area contributed by atoms with E-state index in [9.17, 15) is 8.42 Å². The smallest absolute Gasteiger partial charge is 0.211 e. The molecular formula is C14H29IN6O2S. The van der Waals surface area contributed by atoms with E-state index in [0.29, 0.717) is 25.6 Å². The van der Waals surface area contributed by atoms with E-state index in [1.165, 1.54) is 0 Å². The first-order chi connectivity index (χ1) is 10.8. The van der Waals surface area contributed by atoms with Crippen molar-refractivity contribution in [2.45, 2.75) is 34.2 Å². The first-order valence-corrected chi connectivity index (χ1v) is 9.44. The Bertz CT molecular complexity index is 642. The zero-order valence-electron chi connectivity index (χ0n) is 15.0. The van der Waals surface area contributed by atoms with E-state index < -0.39 is 10.0 Å². The van der Waals surface area contributed by atoms with Crippen molar-refractivity contribution in [3.05, 3.63) is 17.0 Å². The lowest BCUT2D eigenvalue weighted by atomic mass is 10.2. The molecule has 8 nitrogen and oxygen atoms in total. The standard InChI is InChI=1S/C14H28N6O2S.HI/c1-6-15-14(16-8-9-18-23(21,22)7-2)17-10-13-11(3)19-20(5)12(13)4;/h18H,6-10H2,1-5H3,(H2,15,16,17);1H. The van der Waals surface area contributed by atoms with Crippen molar-refractivity contribution in [3.8, 4) is 0 Å². The van der Waals surface area contributed by atoms with E-state index in [1.807, 2.05) is 32.5 Å². The lowest BCUT2D eigenvalue weighted by molar-refractivity contribution is 0.582. The van der Waals surface area contributed by atoms with Crippen molar-refractivity contribution in [3.63, 3.8) is 0 Å². The first-order valence-electron chi connectivity index (χ1n) is 7.79. The number of rotatable bonds is 8. The van der Waals surface area contributed by atoms with E-state index in [-0.39, 0.29) is 29.7 Å². The normalized spacial score (nSPS) is 12.0. The van der Waals surface area contributed by atoms with E-state index in [1.54, 1.807) is 6.92 Å². The fourth-order valence-electron chi connectivity index (χ4n) is 2.04. The summed E-state index contributed by atoms with van der Waals surface area (Å²) in [6, 6.07) is 0. The molecular weight excluding hydrogens is 443 g/mol. The Balaban J connectivity index is 0.00000529. The summed E-state index contributed by atoms with van der Waals surface area (Å²) < 4.78 is 27.1. The molecule has 0 aromatic carbocycles. The van der Waals surface area contributed by atoms with Crippen LogP contribution in [0.4, 0.5) is 0 Å². The minimum absolute atomic E-state index is 0. The van der Waals surface area contributed by atoms with Gasteiger partial charge in [-0.1, -0.05) is 0 Å². The van der Waals surface area contributed by atoms with Gasteiger partial charge in [-0.25, -0.2) is 18.1 Å². The lowest BCUT2D eigenvalue weighted by Crippen LogP contribution is -2.41. The minimum Gasteiger partial charge on any atom is -0.357 e. The van der Waals surface area contributed by atoms with Crippen LogP contribution in [0, 0.1) is 13.8 Å². The van der Waals surface area contributed by atoms with Crippen LogP contribution in [-0.4, -0.2) is 49.5 Å². The maximum absolute atomic E-state index is 11.4. The molecule has 1 heterocycles. The third-order valence-corrected chi connectivity index (χ3v) is 4.92. The van der Waals surface area contributed by atoms with E-state index in [0.717, 1.165) is 23.5 Å². The SMILES string of the molecule is CCNC(=NCc1c(C)nn(C)c1C)NCCNS(=O)(=O)CC.I. The molecule has 140 valence electrons. The number of sulfonamides is 1. The van der Waals surface area contributed by atoms with Gasteiger partial charge in [-0.2, -0.15) is 5.10 Å². The lowest BCUT2D eigenvalue weighted by Gasteiger charge is -2.12. The monoisotopic (exact) mass is 472 g/mol. The molecule has 0 atom stereocenters. The Kier molecular flexibility index (Phi) is 10.5. The third kappa shape index (κ3) is 7.34. The molecule has 0 radical (unpaired) electrons. The van der Waals surface area contributed by atoms with Crippen LogP contribution in [0.15, 0.2) is 4.99 Å². The number of hydrogen-bond acceptors (Lipinski definition) is 4. The maximum Gasteiger partial charge on any atom is 0.211 e. The maximum atomic E-state index is 11.4. The molecule has 3 N–H and O–H groups in total. The summed E-state index contributed by atoms with van der Waals surface area (Å²) in [6.45, 7) is 9.64. The van der Waals surface area contributed by atoms with Gasteiger partial charge in [-0.05, 0) is 27.7 Å². The molecule has 0 saturated heterocycles.